The lowest BCUT2D eigenvalue weighted by Crippen LogP contribution is -2.50. The van der Waals surface area contributed by atoms with Crippen molar-refractivity contribution >= 4 is 17.7 Å². The molecular weight excluding hydrogens is 256 g/mol. The Morgan fingerprint density at radius 3 is 2.37 bits per heavy atom. The molecule has 0 spiro atoms. The van der Waals surface area contributed by atoms with Crippen LogP contribution in [0.3, 0.4) is 0 Å². The van der Waals surface area contributed by atoms with Crippen LogP contribution >= 0.6 is 11.8 Å². The third-order valence-corrected chi connectivity index (χ3v) is 5.12. The molecule has 0 radical (unpaired) electrons. The molecule has 0 saturated carbocycles. The Morgan fingerprint density at radius 1 is 1.11 bits per heavy atom. The normalized spacial score (nSPS) is 23.7. The smallest absolute Gasteiger partial charge is 0.191 e. The standard InChI is InChI=1S/C14H28N4S/c1-14(2,18-6-4-3-5-7-18)12-16-13(15)17-8-10-19-11-9-17/h3-12H2,1-2H3,(H2,15,16). The molecule has 0 aromatic carbocycles. The number of piperidine rings is 1. The maximum absolute atomic E-state index is 6.13. The molecular formula is C14H28N4S. The molecule has 2 rings (SSSR count). The van der Waals surface area contributed by atoms with Crippen molar-refractivity contribution in [2.45, 2.75) is 38.6 Å². The SMILES string of the molecule is CC(C)(CN=C(N)N1CCSCC1)N1CCCCC1. The van der Waals surface area contributed by atoms with Gasteiger partial charge in [-0.15, -0.1) is 0 Å². The first-order valence-corrected chi connectivity index (χ1v) is 8.63. The Labute approximate surface area is 121 Å². The van der Waals surface area contributed by atoms with Gasteiger partial charge in [0.15, 0.2) is 5.96 Å². The molecule has 0 unspecified atom stereocenters. The summed E-state index contributed by atoms with van der Waals surface area (Å²) in [5.41, 5.74) is 6.27. The fourth-order valence-electron chi connectivity index (χ4n) is 2.77. The highest BCUT2D eigenvalue weighted by Gasteiger charge is 2.27. The lowest BCUT2D eigenvalue weighted by atomic mass is 9.99. The molecule has 0 atom stereocenters. The number of hydrogen-bond acceptors (Lipinski definition) is 3. The maximum Gasteiger partial charge on any atom is 0.191 e. The average molecular weight is 284 g/mol. The van der Waals surface area contributed by atoms with E-state index in [9.17, 15) is 0 Å². The van der Waals surface area contributed by atoms with E-state index in [-0.39, 0.29) is 5.54 Å². The molecule has 2 N–H and O–H groups in total. The van der Waals surface area contributed by atoms with Crippen molar-refractivity contribution in [3.05, 3.63) is 0 Å². The van der Waals surface area contributed by atoms with E-state index in [1.54, 1.807) is 0 Å². The summed E-state index contributed by atoms with van der Waals surface area (Å²) >= 11 is 2.00. The van der Waals surface area contributed by atoms with Crippen molar-refractivity contribution in [3.8, 4) is 0 Å². The second-order valence-corrected chi connectivity index (χ2v) is 7.36. The van der Waals surface area contributed by atoms with Gasteiger partial charge in [0.05, 0.1) is 6.54 Å². The van der Waals surface area contributed by atoms with Crippen LogP contribution in [0.4, 0.5) is 0 Å². The number of hydrogen-bond donors (Lipinski definition) is 1. The number of guanidine groups is 1. The summed E-state index contributed by atoms with van der Waals surface area (Å²) in [7, 11) is 0. The molecule has 0 amide bonds. The number of nitrogens with zero attached hydrogens (tertiary/aromatic N) is 3. The second-order valence-electron chi connectivity index (χ2n) is 6.13. The first-order valence-electron chi connectivity index (χ1n) is 7.47. The number of likely N-dealkylation sites (tertiary alicyclic amines) is 1. The summed E-state index contributed by atoms with van der Waals surface area (Å²) in [6.07, 6.45) is 4.03. The zero-order valence-electron chi connectivity index (χ0n) is 12.4. The molecule has 2 aliphatic heterocycles. The Kier molecular flexibility index (Phi) is 5.39. The van der Waals surface area contributed by atoms with Crippen molar-refractivity contribution in [1.29, 1.82) is 0 Å². The Balaban J connectivity index is 1.87. The van der Waals surface area contributed by atoms with Crippen LogP contribution in [0.15, 0.2) is 4.99 Å². The summed E-state index contributed by atoms with van der Waals surface area (Å²) in [4.78, 5) is 9.46. The van der Waals surface area contributed by atoms with E-state index in [0.717, 1.165) is 25.6 Å². The first-order chi connectivity index (χ1) is 9.09. The fraction of sp³-hybridized carbons (Fsp3) is 0.929. The van der Waals surface area contributed by atoms with Gasteiger partial charge in [0.1, 0.15) is 0 Å². The van der Waals surface area contributed by atoms with Crippen LogP contribution in [0.5, 0.6) is 0 Å². The number of nitrogens with two attached hydrogens (primary N) is 1. The first kappa shape index (κ1) is 15.0. The lowest BCUT2D eigenvalue weighted by molar-refractivity contribution is 0.102. The van der Waals surface area contributed by atoms with Gasteiger partial charge in [-0.2, -0.15) is 11.8 Å². The highest BCUT2D eigenvalue weighted by Crippen LogP contribution is 2.21. The molecule has 2 fully saturated rings. The van der Waals surface area contributed by atoms with E-state index in [2.05, 4.69) is 28.6 Å². The van der Waals surface area contributed by atoms with Gasteiger partial charge < -0.3 is 10.6 Å². The van der Waals surface area contributed by atoms with Crippen molar-refractivity contribution in [3.63, 3.8) is 0 Å². The van der Waals surface area contributed by atoms with Crippen molar-refractivity contribution in [2.24, 2.45) is 10.7 Å². The summed E-state index contributed by atoms with van der Waals surface area (Å²) in [6, 6.07) is 0. The van der Waals surface area contributed by atoms with Gasteiger partial charge in [-0.1, -0.05) is 6.42 Å². The molecule has 0 bridgehead atoms. The quantitative estimate of drug-likeness (QED) is 0.632. The van der Waals surface area contributed by atoms with Crippen LogP contribution in [0.1, 0.15) is 33.1 Å². The molecule has 0 aliphatic carbocycles. The van der Waals surface area contributed by atoms with Crippen LogP contribution in [-0.2, 0) is 0 Å². The highest BCUT2D eigenvalue weighted by molar-refractivity contribution is 7.99. The molecule has 0 aromatic rings. The van der Waals surface area contributed by atoms with Crippen LogP contribution in [0, 0.1) is 0 Å². The molecule has 2 heterocycles. The van der Waals surface area contributed by atoms with Gasteiger partial charge in [-0.25, -0.2) is 0 Å². The van der Waals surface area contributed by atoms with E-state index in [1.807, 2.05) is 11.8 Å². The summed E-state index contributed by atoms with van der Waals surface area (Å²) in [6.45, 7) is 9.91. The van der Waals surface area contributed by atoms with Gasteiger partial charge in [0.2, 0.25) is 0 Å². The van der Waals surface area contributed by atoms with Crippen molar-refractivity contribution in [1.82, 2.24) is 9.80 Å². The van der Waals surface area contributed by atoms with Crippen LogP contribution in [0.25, 0.3) is 0 Å². The minimum absolute atomic E-state index is 0.135. The summed E-state index contributed by atoms with van der Waals surface area (Å²) in [5, 5.41) is 0. The second kappa shape index (κ2) is 6.84. The summed E-state index contributed by atoms with van der Waals surface area (Å²) in [5.74, 6) is 3.09. The third-order valence-electron chi connectivity index (χ3n) is 4.18. The number of rotatable bonds is 3. The van der Waals surface area contributed by atoms with E-state index in [0.29, 0.717) is 0 Å². The largest absolute Gasteiger partial charge is 0.370 e. The predicted molar refractivity (Wildman–Crippen MR) is 84.9 cm³/mol. The minimum Gasteiger partial charge on any atom is -0.370 e. The summed E-state index contributed by atoms with van der Waals surface area (Å²) < 4.78 is 0. The maximum atomic E-state index is 6.13. The Bertz CT molecular complexity index is 305. The molecule has 2 saturated heterocycles. The third kappa shape index (κ3) is 4.28. The van der Waals surface area contributed by atoms with Crippen LogP contribution in [0.2, 0.25) is 0 Å². The van der Waals surface area contributed by atoms with Gasteiger partial charge in [-0.3, -0.25) is 9.89 Å². The van der Waals surface area contributed by atoms with E-state index in [4.69, 9.17) is 5.73 Å². The van der Waals surface area contributed by atoms with E-state index in [1.165, 1.54) is 43.9 Å². The predicted octanol–water partition coefficient (Wildman–Crippen LogP) is 1.61. The van der Waals surface area contributed by atoms with Gasteiger partial charge in [-0.05, 0) is 39.8 Å². The van der Waals surface area contributed by atoms with Crippen molar-refractivity contribution < 1.29 is 0 Å². The van der Waals surface area contributed by atoms with Crippen LogP contribution in [-0.4, -0.2) is 65.5 Å². The molecule has 19 heavy (non-hydrogen) atoms. The lowest BCUT2D eigenvalue weighted by Gasteiger charge is -2.40. The topological polar surface area (TPSA) is 44.9 Å². The zero-order chi connectivity index (χ0) is 13.7. The molecule has 2 aliphatic rings. The highest BCUT2D eigenvalue weighted by atomic mass is 32.2. The van der Waals surface area contributed by atoms with E-state index < -0.39 is 0 Å². The number of aliphatic imine (C=N–C) groups is 1. The Morgan fingerprint density at radius 2 is 1.74 bits per heavy atom. The fourth-order valence-corrected chi connectivity index (χ4v) is 3.67. The number of thioether (sulfide) groups is 1. The molecule has 0 aromatic heterocycles. The van der Waals surface area contributed by atoms with Gasteiger partial charge >= 0.3 is 0 Å². The van der Waals surface area contributed by atoms with Gasteiger partial charge in [0, 0.05) is 30.1 Å². The molecule has 5 heteroatoms. The van der Waals surface area contributed by atoms with Gasteiger partial charge in [0.25, 0.3) is 0 Å². The zero-order valence-corrected chi connectivity index (χ0v) is 13.2. The Hall–Kier alpha value is -0.420. The van der Waals surface area contributed by atoms with Crippen molar-refractivity contribution in [2.75, 3.05) is 44.2 Å². The van der Waals surface area contributed by atoms with Crippen LogP contribution < -0.4 is 5.73 Å². The van der Waals surface area contributed by atoms with E-state index >= 15 is 0 Å². The monoisotopic (exact) mass is 284 g/mol. The minimum atomic E-state index is 0.135. The average Bonchev–Trinajstić information content (AvgIpc) is 2.47. The molecule has 110 valence electrons. The molecule has 4 nitrogen and oxygen atoms in total.